The van der Waals surface area contributed by atoms with Crippen molar-refractivity contribution in [2.75, 3.05) is 19.6 Å². The third-order valence-electron chi connectivity index (χ3n) is 5.52. The number of hydrogen-bond acceptors (Lipinski definition) is 3. The molecular weight excluding hydrogens is 333 g/mol. The standard InChI is InChI=1S/C18H21F3N2S/c19-18(20,21)14-3-2-13-10-15(24-16(13)11-14)12-23-9-1-4-17(23)5-7-22-8-6-17/h2-3,10-11,22H,1,4-9,12H2. The van der Waals surface area contributed by atoms with E-state index in [9.17, 15) is 13.2 Å². The van der Waals surface area contributed by atoms with Crippen molar-refractivity contribution in [2.24, 2.45) is 0 Å². The Kier molecular flexibility index (Phi) is 4.09. The molecule has 24 heavy (non-hydrogen) atoms. The van der Waals surface area contributed by atoms with Gasteiger partial charge in [0.15, 0.2) is 0 Å². The summed E-state index contributed by atoms with van der Waals surface area (Å²) in [6.45, 7) is 4.10. The first kappa shape index (κ1) is 16.4. The van der Waals surface area contributed by atoms with Crippen LogP contribution in [0.2, 0.25) is 0 Å². The number of halogens is 3. The highest BCUT2D eigenvalue weighted by atomic mass is 32.1. The molecule has 1 aromatic carbocycles. The molecule has 0 atom stereocenters. The minimum Gasteiger partial charge on any atom is -0.317 e. The van der Waals surface area contributed by atoms with Crippen molar-refractivity contribution in [2.45, 2.75) is 43.9 Å². The van der Waals surface area contributed by atoms with Crippen molar-refractivity contribution in [3.8, 4) is 0 Å². The Morgan fingerprint density at radius 2 is 1.92 bits per heavy atom. The number of thiophene rings is 1. The van der Waals surface area contributed by atoms with Gasteiger partial charge in [0.05, 0.1) is 5.56 Å². The zero-order valence-corrected chi connectivity index (χ0v) is 14.3. The molecule has 2 aliphatic rings. The minimum absolute atomic E-state index is 0.304. The lowest BCUT2D eigenvalue weighted by Gasteiger charge is -2.41. The summed E-state index contributed by atoms with van der Waals surface area (Å²) in [5.74, 6) is 0. The van der Waals surface area contributed by atoms with Gasteiger partial charge in [0.2, 0.25) is 0 Å². The van der Waals surface area contributed by atoms with E-state index in [-0.39, 0.29) is 0 Å². The number of fused-ring (bicyclic) bond motifs is 1. The molecule has 130 valence electrons. The summed E-state index contributed by atoms with van der Waals surface area (Å²) in [5.41, 5.74) is -0.252. The largest absolute Gasteiger partial charge is 0.416 e. The van der Waals surface area contributed by atoms with E-state index in [4.69, 9.17) is 0 Å². The van der Waals surface area contributed by atoms with Crippen LogP contribution in [-0.2, 0) is 12.7 Å². The minimum atomic E-state index is -4.27. The van der Waals surface area contributed by atoms with Gasteiger partial charge >= 0.3 is 6.18 Å². The number of rotatable bonds is 2. The lowest BCUT2D eigenvalue weighted by molar-refractivity contribution is -0.137. The Balaban J connectivity index is 1.58. The number of alkyl halides is 3. The molecule has 2 saturated heterocycles. The number of nitrogens with one attached hydrogen (secondary N) is 1. The number of hydrogen-bond donors (Lipinski definition) is 1. The monoisotopic (exact) mass is 354 g/mol. The summed E-state index contributed by atoms with van der Waals surface area (Å²) in [4.78, 5) is 3.74. The highest BCUT2D eigenvalue weighted by Gasteiger charge is 2.41. The van der Waals surface area contributed by atoms with Crippen LogP contribution in [0.5, 0.6) is 0 Å². The molecule has 0 radical (unpaired) electrons. The van der Waals surface area contributed by atoms with Crippen molar-refractivity contribution in [1.82, 2.24) is 10.2 Å². The van der Waals surface area contributed by atoms with Crippen LogP contribution < -0.4 is 5.32 Å². The Morgan fingerprint density at radius 3 is 2.67 bits per heavy atom. The highest BCUT2D eigenvalue weighted by molar-refractivity contribution is 7.19. The summed E-state index contributed by atoms with van der Waals surface area (Å²) >= 11 is 1.50. The molecule has 4 rings (SSSR count). The van der Waals surface area contributed by atoms with E-state index in [1.54, 1.807) is 6.07 Å². The molecule has 0 bridgehead atoms. The van der Waals surface area contributed by atoms with Crippen LogP contribution in [0.25, 0.3) is 10.1 Å². The van der Waals surface area contributed by atoms with Crippen LogP contribution in [0, 0.1) is 0 Å². The van der Waals surface area contributed by atoms with Crippen LogP contribution in [-0.4, -0.2) is 30.1 Å². The zero-order valence-electron chi connectivity index (χ0n) is 13.5. The van der Waals surface area contributed by atoms with Gasteiger partial charge in [-0.3, -0.25) is 4.90 Å². The maximum Gasteiger partial charge on any atom is 0.416 e. The molecule has 2 aromatic rings. The van der Waals surface area contributed by atoms with Gasteiger partial charge in [0.25, 0.3) is 0 Å². The Labute approximate surface area is 143 Å². The van der Waals surface area contributed by atoms with E-state index in [1.165, 1.54) is 54.0 Å². The lowest BCUT2D eigenvalue weighted by atomic mass is 9.86. The van der Waals surface area contributed by atoms with E-state index >= 15 is 0 Å². The second-order valence-electron chi connectivity index (χ2n) is 6.96. The predicted molar refractivity (Wildman–Crippen MR) is 91.3 cm³/mol. The topological polar surface area (TPSA) is 15.3 Å². The molecule has 3 heterocycles. The molecule has 1 aromatic heterocycles. The Bertz CT molecular complexity index is 731. The van der Waals surface area contributed by atoms with Crippen LogP contribution >= 0.6 is 11.3 Å². The van der Waals surface area contributed by atoms with Crippen molar-refractivity contribution in [3.63, 3.8) is 0 Å². The lowest BCUT2D eigenvalue weighted by Crippen LogP contribution is -2.50. The average molecular weight is 354 g/mol. The second kappa shape index (κ2) is 6.00. The zero-order chi connectivity index (χ0) is 16.8. The van der Waals surface area contributed by atoms with Gasteiger partial charge < -0.3 is 5.32 Å². The first-order valence-corrected chi connectivity index (χ1v) is 9.33. The van der Waals surface area contributed by atoms with Crippen molar-refractivity contribution >= 4 is 21.4 Å². The molecule has 0 unspecified atom stereocenters. The van der Waals surface area contributed by atoms with Gasteiger partial charge in [0, 0.05) is 21.7 Å². The number of likely N-dealkylation sites (tertiary alicyclic amines) is 1. The van der Waals surface area contributed by atoms with Gasteiger partial charge in [-0.25, -0.2) is 0 Å². The quantitative estimate of drug-likeness (QED) is 0.845. The molecule has 2 aliphatic heterocycles. The van der Waals surface area contributed by atoms with Gasteiger partial charge in [-0.1, -0.05) is 6.07 Å². The molecule has 0 amide bonds. The predicted octanol–water partition coefficient (Wildman–Crippen LogP) is 4.64. The first-order chi connectivity index (χ1) is 11.5. The number of piperidine rings is 1. The van der Waals surface area contributed by atoms with Crippen molar-refractivity contribution in [1.29, 1.82) is 0 Å². The fourth-order valence-electron chi connectivity index (χ4n) is 4.23. The van der Waals surface area contributed by atoms with Crippen LogP contribution in [0.4, 0.5) is 13.2 Å². The van der Waals surface area contributed by atoms with E-state index in [1.807, 2.05) is 0 Å². The van der Waals surface area contributed by atoms with Crippen molar-refractivity contribution < 1.29 is 13.2 Å². The third kappa shape index (κ3) is 2.95. The van der Waals surface area contributed by atoms with Gasteiger partial charge in [-0.15, -0.1) is 11.3 Å². The average Bonchev–Trinajstić information content (AvgIpc) is 3.11. The molecule has 0 aliphatic carbocycles. The molecule has 1 spiro atoms. The van der Waals surface area contributed by atoms with Crippen molar-refractivity contribution in [3.05, 3.63) is 34.7 Å². The van der Waals surface area contributed by atoms with Gasteiger partial charge in [-0.2, -0.15) is 13.2 Å². The molecule has 6 heteroatoms. The van der Waals surface area contributed by atoms with Crippen LogP contribution in [0.1, 0.15) is 36.1 Å². The smallest absolute Gasteiger partial charge is 0.317 e. The summed E-state index contributed by atoms with van der Waals surface area (Å²) in [7, 11) is 0. The maximum absolute atomic E-state index is 12.9. The Hall–Kier alpha value is -1.11. The van der Waals surface area contributed by atoms with E-state index in [2.05, 4.69) is 16.3 Å². The molecule has 2 fully saturated rings. The molecule has 2 nitrogen and oxygen atoms in total. The normalized spacial score (nSPS) is 21.8. The third-order valence-corrected chi connectivity index (χ3v) is 6.60. The van der Waals surface area contributed by atoms with Gasteiger partial charge in [-0.05, 0) is 68.9 Å². The summed E-state index contributed by atoms with van der Waals surface area (Å²) in [6, 6.07) is 6.13. The summed E-state index contributed by atoms with van der Waals surface area (Å²) < 4.78 is 39.4. The van der Waals surface area contributed by atoms with Gasteiger partial charge in [0.1, 0.15) is 0 Å². The summed E-state index contributed by atoms with van der Waals surface area (Å²) in [5, 5.41) is 4.35. The van der Waals surface area contributed by atoms with E-state index in [0.29, 0.717) is 5.54 Å². The van der Waals surface area contributed by atoms with E-state index < -0.39 is 11.7 Å². The number of benzene rings is 1. The van der Waals surface area contributed by atoms with Crippen LogP contribution in [0.3, 0.4) is 0 Å². The Morgan fingerprint density at radius 1 is 1.12 bits per heavy atom. The highest BCUT2D eigenvalue weighted by Crippen LogP contribution is 2.40. The first-order valence-electron chi connectivity index (χ1n) is 8.52. The van der Waals surface area contributed by atoms with E-state index in [0.717, 1.165) is 36.3 Å². The molecule has 1 N–H and O–H groups in total. The van der Waals surface area contributed by atoms with Crippen LogP contribution in [0.15, 0.2) is 24.3 Å². The number of nitrogens with zero attached hydrogens (tertiary/aromatic N) is 1. The molecular formula is C18H21F3N2S. The maximum atomic E-state index is 12.9. The fraction of sp³-hybridized carbons (Fsp3) is 0.556. The molecule has 0 saturated carbocycles. The fourth-order valence-corrected chi connectivity index (χ4v) is 5.35. The summed E-state index contributed by atoms with van der Waals surface area (Å²) in [6.07, 6.45) is 0.555. The SMILES string of the molecule is FC(F)(F)c1ccc2cc(CN3CCCC34CCNCC4)sc2c1. The second-order valence-corrected chi connectivity index (χ2v) is 8.13.